The largest absolute Gasteiger partial charge is 0.416 e. The molecule has 0 aliphatic carbocycles. The first-order valence-corrected chi connectivity index (χ1v) is 9.24. The van der Waals surface area contributed by atoms with Crippen molar-refractivity contribution in [2.75, 3.05) is 31.1 Å². The molecule has 0 spiro atoms. The minimum atomic E-state index is -4.47. The van der Waals surface area contributed by atoms with E-state index in [1.807, 2.05) is 35.9 Å². The number of piperazine rings is 1. The van der Waals surface area contributed by atoms with Gasteiger partial charge in [0.05, 0.1) is 5.56 Å². The summed E-state index contributed by atoms with van der Waals surface area (Å²) < 4.78 is 40.7. The van der Waals surface area contributed by atoms with Crippen molar-refractivity contribution in [2.45, 2.75) is 13.1 Å². The van der Waals surface area contributed by atoms with Gasteiger partial charge in [-0.3, -0.25) is 14.5 Å². The average molecular weight is 403 g/mol. The van der Waals surface area contributed by atoms with Gasteiger partial charge in [0.25, 0.3) is 5.91 Å². The van der Waals surface area contributed by atoms with Crippen LogP contribution >= 0.6 is 0 Å². The molecule has 1 N–H and O–H groups in total. The van der Waals surface area contributed by atoms with Crippen molar-refractivity contribution in [1.82, 2.24) is 19.7 Å². The molecule has 0 unspecified atom stereocenters. The maximum absolute atomic E-state index is 12.9. The van der Waals surface area contributed by atoms with E-state index >= 15 is 0 Å². The van der Waals surface area contributed by atoms with E-state index in [2.05, 4.69) is 15.1 Å². The first kappa shape index (κ1) is 19.1. The van der Waals surface area contributed by atoms with Crippen molar-refractivity contribution in [2.24, 2.45) is 0 Å². The van der Waals surface area contributed by atoms with E-state index in [-0.39, 0.29) is 11.5 Å². The van der Waals surface area contributed by atoms with Gasteiger partial charge in [0.15, 0.2) is 5.82 Å². The number of alkyl halides is 3. The molecule has 4 rings (SSSR count). The van der Waals surface area contributed by atoms with E-state index in [4.69, 9.17) is 0 Å². The van der Waals surface area contributed by atoms with Crippen LogP contribution in [0.2, 0.25) is 0 Å². The van der Waals surface area contributed by atoms with E-state index in [1.54, 1.807) is 4.90 Å². The van der Waals surface area contributed by atoms with E-state index in [0.29, 0.717) is 26.2 Å². The molecule has 9 heteroatoms. The van der Waals surface area contributed by atoms with Crippen LogP contribution in [0.4, 0.5) is 19.0 Å². The second kappa shape index (κ2) is 7.31. The van der Waals surface area contributed by atoms with E-state index < -0.39 is 11.7 Å². The lowest BCUT2D eigenvalue weighted by Gasteiger charge is -2.36. The van der Waals surface area contributed by atoms with Crippen molar-refractivity contribution in [3.05, 3.63) is 65.5 Å². The summed E-state index contributed by atoms with van der Waals surface area (Å²) in [5, 5.41) is 7.20. The number of amides is 1. The molecule has 1 amide bonds. The molecule has 1 aromatic carbocycles. The number of nitrogens with zero attached hydrogens (tertiary/aromatic N) is 4. The van der Waals surface area contributed by atoms with Crippen molar-refractivity contribution in [1.29, 1.82) is 0 Å². The second-order valence-electron chi connectivity index (χ2n) is 7.00. The molecule has 29 heavy (non-hydrogen) atoms. The Morgan fingerprint density at radius 2 is 1.83 bits per heavy atom. The number of H-pyrrole nitrogens is 1. The van der Waals surface area contributed by atoms with Crippen LogP contribution in [-0.2, 0) is 6.18 Å². The van der Waals surface area contributed by atoms with Crippen LogP contribution < -0.4 is 4.90 Å². The third-order valence-electron chi connectivity index (χ3n) is 4.99. The summed E-state index contributed by atoms with van der Waals surface area (Å²) in [5.41, 5.74) is 0.203. The highest BCUT2D eigenvalue weighted by Gasteiger charge is 2.32. The van der Waals surface area contributed by atoms with E-state index in [0.717, 1.165) is 29.5 Å². The number of nitrogens with one attached hydrogen (secondary N) is 1. The van der Waals surface area contributed by atoms with Crippen LogP contribution in [-0.4, -0.2) is 51.8 Å². The molecule has 1 aliphatic rings. The monoisotopic (exact) mass is 403 g/mol. The number of aromatic amines is 1. The predicted molar refractivity (Wildman–Crippen MR) is 102 cm³/mol. The maximum atomic E-state index is 12.9. The number of aromatic nitrogens is 3. The lowest BCUT2D eigenvalue weighted by molar-refractivity contribution is -0.137. The number of benzene rings is 1. The summed E-state index contributed by atoms with van der Waals surface area (Å²) in [6, 6.07) is 10.4. The van der Waals surface area contributed by atoms with Crippen LogP contribution in [0.1, 0.15) is 21.6 Å². The molecule has 2 aromatic heterocycles. The zero-order chi connectivity index (χ0) is 20.6. The summed E-state index contributed by atoms with van der Waals surface area (Å²) in [6.07, 6.45) is -2.55. The lowest BCUT2D eigenvalue weighted by atomic mass is 10.1. The fraction of sp³-hybridized carbons (Fsp3) is 0.300. The van der Waals surface area contributed by atoms with Gasteiger partial charge in [-0.1, -0.05) is 6.07 Å². The molecule has 1 aliphatic heterocycles. The van der Waals surface area contributed by atoms with Gasteiger partial charge in [-0.25, -0.2) is 0 Å². The summed E-state index contributed by atoms with van der Waals surface area (Å²) >= 11 is 0. The Bertz CT molecular complexity index is 1020. The fourth-order valence-electron chi connectivity index (χ4n) is 3.50. The highest BCUT2D eigenvalue weighted by atomic mass is 19.4. The van der Waals surface area contributed by atoms with Gasteiger partial charge in [0, 0.05) is 49.7 Å². The summed E-state index contributed by atoms with van der Waals surface area (Å²) in [5.74, 6) is 1.36. The molecule has 6 nitrogen and oxygen atoms in total. The predicted octanol–water partition coefficient (Wildman–Crippen LogP) is 3.49. The number of rotatable bonds is 3. The van der Waals surface area contributed by atoms with Crippen molar-refractivity contribution in [3.63, 3.8) is 0 Å². The molecular weight excluding hydrogens is 383 g/mol. The smallest absolute Gasteiger partial charge is 0.354 e. The minimum absolute atomic E-state index is 0.0589. The van der Waals surface area contributed by atoms with Crippen LogP contribution in [0.5, 0.6) is 0 Å². The summed E-state index contributed by atoms with van der Waals surface area (Å²) in [6.45, 7) is 3.95. The molecule has 0 radical (unpaired) electrons. The van der Waals surface area contributed by atoms with Crippen LogP contribution in [0.25, 0.3) is 5.82 Å². The van der Waals surface area contributed by atoms with E-state index in [1.165, 1.54) is 12.1 Å². The molecule has 3 heterocycles. The van der Waals surface area contributed by atoms with Gasteiger partial charge in [0.2, 0.25) is 0 Å². The molecule has 3 aromatic rings. The minimum Gasteiger partial charge on any atom is -0.354 e. The van der Waals surface area contributed by atoms with Crippen molar-refractivity contribution < 1.29 is 18.0 Å². The average Bonchev–Trinajstić information content (AvgIpc) is 3.36. The Balaban J connectivity index is 1.46. The highest BCUT2D eigenvalue weighted by molar-refractivity contribution is 5.94. The standard InChI is InChI=1S/C20H20F3N5O/c1-14-12-17(25-24-14)28-7-3-6-18(28)26-8-10-27(11-9-26)19(29)15-4-2-5-16(13-15)20(21,22)23/h2-7,12-13H,8-11H2,1H3,(H,24,25). The van der Waals surface area contributed by atoms with Crippen LogP contribution in [0, 0.1) is 6.92 Å². The van der Waals surface area contributed by atoms with Gasteiger partial charge in [-0.2, -0.15) is 18.3 Å². The first-order chi connectivity index (χ1) is 13.8. The lowest BCUT2D eigenvalue weighted by Crippen LogP contribution is -2.49. The zero-order valence-corrected chi connectivity index (χ0v) is 15.8. The number of aryl methyl sites for hydroxylation is 1. The molecule has 0 saturated carbocycles. The first-order valence-electron chi connectivity index (χ1n) is 9.24. The molecule has 0 bridgehead atoms. The summed E-state index contributed by atoms with van der Waals surface area (Å²) in [4.78, 5) is 16.4. The number of anilines is 1. The SMILES string of the molecule is Cc1cc(-n2cccc2N2CCN(C(=O)c3cccc(C(F)(F)F)c3)CC2)n[nH]1. The quantitative estimate of drug-likeness (QED) is 0.729. The number of carbonyl (C=O) groups is 1. The fourth-order valence-corrected chi connectivity index (χ4v) is 3.50. The Hall–Kier alpha value is -3.23. The van der Waals surface area contributed by atoms with Gasteiger partial charge in [0.1, 0.15) is 5.82 Å². The van der Waals surface area contributed by atoms with Crippen molar-refractivity contribution in [3.8, 4) is 5.82 Å². The zero-order valence-electron chi connectivity index (χ0n) is 15.8. The maximum Gasteiger partial charge on any atom is 0.416 e. The molecular formula is C20H20F3N5O. The third kappa shape index (κ3) is 3.85. The van der Waals surface area contributed by atoms with Gasteiger partial charge in [-0.05, 0) is 37.3 Å². The van der Waals surface area contributed by atoms with Gasteiger partial charge >= 0.3 is 6.18 Å². The Labute approximate surface area is 165 Å². The third-order valence-corrected chi connectivity index (χ3v) is 4.99. The Morgan fingerprint density at radius 1 is 1.07 bits per heavy atom. The number of halogens is 3. The van der Waals surface area contributed by atoms with Crippen molar-refractivity contribution >= 4 is 11.7 Å². The number of hydrogen-bond donors (Lipinski definition) is 1. The molecule has 1 fully saturated rings. The van der Waals surface area contributed by atoms with Crippen LogP contribution in [0.3, 0.4) is 0 Å². The normalized spacial score (nSPS) is 15.0. The van der Waals surface area contributed by atoms with Gasteiger partial charge < -0.3 is 9.80 Å². The Kier molecular flexibility index (Phi) is 4.81. The van der Waals surface area contributed by atoms with Crippen LogP contribution in [0.15, 0.2) is 48.7 Å². The number of hydrogen-bond acceptors (Lipinski definition) is 3. The highest BCUT2D eigenvalue weighted by Crippen LogP contribution is 2.30. The Morgan fingerprint density at radius 3 is 2.48 bits per heavy atom. The molecule has 1 saturated heterocycles. The van der Waals surface area contributed by atoms with Gasteiger partial charge in [-0.15, -0.1) is 0 Å². The summed E-state index contributed by atoms with van der Waals surface area (Å²) in [7, 11) is 0. The molecule has 0 atom stereocenters. The molecule has 152 valence electrons. The number of carbonyl (C=O) groups excluding carboxylic acids is 1. The van der Waals surface area contributed by atoms with E-state index in [9.17, 15) is 18.0 Å². The second-order valence-corrected chi connectivity index (χ2v) is 7.00. The topological polar surface area (TPSA) is 57.2 Å².